The monoisotopic (exact) mass is 284 g/mol. The second-order valence-corrected chi connectivity index (χ2v) is 3.78. The molecule has 0 spiro atoms. The van der Waals surface area contributed by atoms with E-state index in [-0.39, 0.29) is 0 Å². The summed E-state index contributed by atoms with van der Waals surface area (Å²) in [5.74, 6) is 0. The van der Waals surface area contributed by atoms with Crippen molar-refractivity contribution in [2.24, 2.45) is 0 Å². The van der Waals surface area contributed by atoms with Gasteiger partial charge in [0.15, 0.2) is 0 Å². The van der Waals surface area contributed by atoms with E-state index in [1.54, 1.807) is 12.1 Å². The van der Waals surface area contributed by atoms with Gasteiger partial charge < -0.3 is 0 Å². The van der Waals surface area contributed by atoms with Gasteiger partial charge in [-0.3, -0.25) is 0 Å². The van der Waals surface area contributed by atoms with E-state index >= 15 is 0 Å². The molecule has 2 nitrogen and oxygen atoms in total. The Bertz CT molecular complexity index is 399. The fraction of sp³-hybridized carbons (Fsp3) is 0. The van der Waals surface area contributed by atoms with E-state index in [1.807, 2.05) is 6.07 Å². The lowest BCUT2D eigenvalue weighted by molar-refractivity contribution is 1.47. The Hall–Kier alpha value is -0.840. The molecule has 0 atom stereocenters. The first-order chi connectivity index (χ1) is 5.69. The van der Waals surface area contributed by atoms with Gasteiger partial charge in [-0.2, -0.15) is 5.26 Å². The van der Waals surface area contributed by atoms with Crippen molar-refractivity contribution in [2.45, 2.75) is 0 Å². The number of rotatable bonds is 0. The molecule has 1 rings (SSSR count). The Morgan fingerprint density at radius 1 is 1.42 bits per heavy atom. The maximum atomic E-state index is 8.66. The first-order valence-electron chi connectivity index (χ1n) is 2.95. The van der Waals surface area contributed by atoms with Crippen LogP contribution in [0.2, 0.25) is 0 Å². The molecule has 0 aliphatic heterocycles. The summed E-state index contributed by atoms with van der Waals surface area (Å²) in [5.41, 5.74) is 0.743. The fourth-order valence-electron chi connectivity index (χ4n) is 0.765. The van der Waals surface area contributed by atoms with Crippen LogP contribution in [0.1, 0.15) is 5.56 Å². The maximum absolute atomic E-state index is 8.66. The van der Waals surface area contributed by atoms with Crippen LogP contribution < -0.4 is 0 Å². The van der Waals surface area contributed by atoms with E-state index in [4.69, 9.17) is 11.8 Å². The molecule has 0 radical (unpaired) electrons. The third-order valence-corrected chi connectivity index (χ3v) is 2.32. The molecule has 4 heteroatoms. The molecule has 0 heterocycles. The van der Waals surface area contributed by atoms with Crippen molar-refractivity contribution in [1.82, 2.24) is 0 Å². The molecule has 58 valence electrons. The Kier molecular flexibility index (Phi) is 2.86. The molecule has 0 fully saturated rings. The van der Waals surface area contributed by atoms with Gasteiger partial charge >= 0.3 is 0 Å². The number of nitriles is 1. The molecule has 0 aliphatic carbocycles. The van der Waals surface area contributed by atoms with Gasteiger partial charge in [0.25, 0.3) is 0 Å². The zero-order chi connectivity index (χ0) is 9.14. The van der Waals surface area contributed by atoms with Crippen LogP contribution in [-0.4, -0.2) is 0 Å². The van der Waals surface area contributed by atoms with Crippen molar-refractivity contribution in [3.63, 3.8) is 0 Å². The molecule has 0 aliphatic rings. The zero-order valence-electron chi connectivity index (χ0n) is 5.81. The highest BCUT2D eigenvalue weighted by Crippen LogP contribution is 2.32. The van der Waals surface area contributed by atoms with Crippen LogP contribution in [-0.2, 0) is 0 Å². The average Bonchev–Trinajstić information content (AvgIpc) is 2.03. The van der Waals surface area contributed by atoms with Gasteiger partial charge in [-0.25, -0.2) is 4.85 Å². The van der Waals surface area contributed by atoms with Crippen LogP contribution in [0.3, 0.4) is 0 Å². The number of halogens is 2. The van der Waals surface area contributed by atoms with Crippen molar-refractivity contribution in [3.05, 3.63) is 38.1 Å². The Morgan fingerprint density at radius 3 is 2.58 bits per heavy atom. The highest BCUT2D eigenvalue weighted by atomic mass is 79.9. The summed E-state index contributed by atoms with van der Waals surface area (Å²) < 4.78 is 1.43. The number of nitrogens with zero attached hydrogens (tertiary/aromatic N) is 2. The summed E-state index contributed by atoms with van der Waals surface area (Å²) in [5, 5.41) is 8.66. The molecule has 12 heavy (non-hydrogen) atoms. The first-order valence-corrected chi connectivity index (χ1v) is 4.54. The lowest BCUT2D eigenvalue weighted by Gasteiger charge is -1.98. The van der Waals surface area contributed by atoms with Gasteiger partial charge in [0.2, 0.25) is 5.69 Å². The second-order valence-electron chi connectivity index (χ2n) is 2.01. The standard InChI is InChI=1S/C8H2Br2N2/c1-12-8-5(4-11)2-6(9)3-7(8)10/h2-3H. The Labute approximate surface area is 86.9 Å². The summed E-state index contributed by atoms with van der Waals surface area (Å²) in [4.78, 5) is 3.24. The van der Waals surface area contributed by atoms with Crippen LogP contribution in [0, 0.1) is 17.9 Å². The number of hydrogen-bond acceptors (Lipinski definition) is 1. The lowest BCUT2D eigenvalue weighted by atomic mass is 10.2. The molecular weight excluding hydrogens is 284 g/mol. The van der Waals surface area contributed by atoms with Gasteiger partial charge in [-0.05, 0) is 12.1 Å². The lowest BCUT2D eigenvalue weighted by Crippen LogP contribution is -1.77. The minimum absolute atomic E-state index is 0.362. The van der Waals surface area contributed by atoms with Crippen LogP contribution in [0.4, 0.5) is 5.69 Å². The largest absolute Gasteiger partial charge is 0.236 e. The fourth-order valence-corrected chi connectivity index (χ4v) is 2.08. The maximum Gasteiger partial charge on any atom is 0.218 e. The molecule has 0 aromatic heterocycles. The van der Waals surface area contributed by atoms with Gasteiger partial charge in [0.1, 0.15) is 0 Å². The summed E-state index contributed by atoms with van der Waals surface area (Å²) in [6, 6.07) is 5.32. The molecule has 0 bridgehead atoms. The molecule has 0 amide bonds. The van der Waals surface area contributed by atoms with Gasteiger partial charge in [0, 0.05) is 8.95 Å². The quantitative estimate of drug-likeness (QED) is 0.669. The van der Waals surface area contributed by atoms with E-state index < -0.39 is 0 Å². The Morgan fingerprint density at radius 2 is 2.08 bits per heavy atom. The summed E-state index contributed by atoms with van der Waals surface area (Å²) in [7, 11) is 0. The van der Waals surface area contributed by atoms with E-state index in [1.165, 1.54) is 0 Å². The van der Waals surface area contributed by atoms with Crippen molar-refractivity contribution >= 4 is 37.5 Å². The van der Waals surface area contributed by atoms with E-state index in [0.717, 1.165) is 4.47 Å². The molecule has 0 unspecified atom stereocenters. The van der Waals surface area contributed by atoms with E-state index in [9.17, 15) is 0 Å². The number of hydrogen-bond donors (Lipinski definition) is 0. The highest BCUT2D eigenvalue weighted by molar-refractivity contribution is 9.11. The molecule has 1 aromatic rings. The smallest absolute Gasteiger partial charge is 0.218 e. The SMILES string of the molecule is [C-]#[N+]c1c(Br)cc(Br)cc1C#N. The van der Waals surface area contributed by atoms with E-state index in [2.05, 4.69) is 36.7 Å². The van der Waals surface area contributed by atoms with Gasteiger partial charge in [-0.1, -0.05) is 31.9 Å². The molecular formula is C8H2Br2N2. The minimum Gasteiger partial charge on any atom is -0.236 e. The summed E-state index contributed by atoms with van der Waals surface area (Å²) in [6.45, 7) is 6.83. The third kappa shape index (κ3) is 1.66. The van der Waals surface area contributed by atoms with Crippen molar-refractivity contribution < 1.29 is 0 Å². The average molecular weight is 286 g/mol. The number of benzene rings is 1. The molecule has 0 saturated heterocycles. The summed E-state index contributed by atoms with van der Waals surface area (Å²) >= 11 is 6.44. The normalized spacial score (nSPS) is 8.67. The van der Waals surface area contributed by atoms with Crippen LogP contribution in [0.5, 0.6) is 0 Å². The first kappa shape index (κ1) is 9.25. The predicted octanol–water partition coefficient (Wildman–Crippen LogP) is 3.63. The molecule has 0 saturated carbocycles. The van der Waals surface area contributed by atoms with Gasteiger partial charge in [0.05, 0.1) is 18.2 Å². The molecule has 1 aromatic carbocycles. The zero-order valence-corrected chi connectivity index (χ0v) is 8.98. The van der Waals surface area contributed by atoms with Crippen molar-refractivity contribution in [1.29, 1.82) is 5.26 Å². The summed E-state index contributed by atoms with van der Waals surface area (Å²) in [6.07, 6.45) is 0. The van der Waals surface area contributed by atoms with Crippen LogP contribution in [0.15, 0.2) is 21.1 Å². The van der Waals surface area contributed by atoms with Crippen molar-refractivity contribution in [2.75, 3.05) is 0 Å². The Balaban J connectivity index is 3.50. The predicted molar refractivity (Wildman–Crippen MR) is 52.8 cm³/mol. The van der Waals surface area contributed by atoms with Crippen LogP contribution >= 0.6 is 31.9 Å². The third-order valence-electron chi connectivity index (χ3n) is 1.26. The topological polar surface area (TPSA) is 28.1 Å². The van der Waals surface area contributed by atoms with Crippen molar-refractivity contribution in [3.8, 4) is 6.07 Å². The van der Waals surface area contributed by atoms with E-state index in [0.29, 0.717) is 15.7 Å². The van der Waals surface area contributed by atoms with Crippen LogP contribution in [0.25, 0.3) is 4.85 Å². The highest BCUT2D eigenvalue weighted by Gasteiger charge is 2.07. The minimum atomic E-state index is 0.362. The van der Waals surface area contributed by atoms with Gasteiger partial charge in [-0.15, -0.1) is 0 Å². The molecule has 0 N–H and O–H groups in total. The second kappa shape index (κ2) is 3.71.